The first-order valence-corrected chi connectivity index (χ1v) is 12.7. The van der Waals surface area contributed by atoms with Crippen LogP contribution in [0.4, 0.5) is 0 Å². The lowest BCUT2D eigenvalue weighted by Gasteiger charge is -2.33. The maximum Gasteiger partial charge on any atom is 0.375 e. The molecule has 2 heterocycles. The molecule has 9 nitrogen and oxygen atoms in total. The van der Waals surface area contributed by atoms with Crippen LogP contribution in [0.25, 0.3) is 22.7 Å². The standard InChI is InChI=1S/C29H33N3O4.CH2O2/c1-6-35-28(33)26-17-30-27(36-26)24-14-10-13-23(16-24)25-15-21(3)32(31-25)29(4,5)20(2)18-34-19-22-11-8-7-9-12-22;2-1-3/h7-17,20H,6,18-19H2,1-5H3;1H,(H,2,3). The average molecular weight is 534 g/mol. The van der Waals surface area contributed by atoms with Gasteiger partial charge in [-0.3, -0.25) is 9.48 Å². The SMILES string of the molecule is CCOC(=O)c1cnc(-c2cccc(-c3cc(C)n(C(C)(C)C(C)COCc4ccccc4)n3)c2)o1.O=CO. The van der Waals surface area contributed by atoms with Crippen molar-refractivity contribution in [3.8, 4) is 22.7 Å². The molecule has 0 aliphatic heterocycles. The number of hydrogen-bond acceptors (Lipinski definition) is 7. The number of carboxylic acid groups (broad SMARTS) is 1. The van der Waals surface area contributed by atoms with E-state index in [2.05, 4.69) is 55.6 Å². The normalized spacial score (nSPS) is 11.8. The topological polar surface area (TPSA) is 117 Å². The first-order chi connectivity index (χ1) is 18.7. The summed E-state index contributed by atoms with van der Waals surface area (Å²) in [5.41, 5.74) is 4.54. The molecular weight excluding hydrogens is 498 g/mol. The van der Waals surface area contributed by atoms with Crippen LogP contribution < -0.4 is 0 Å². The van der Waals surface area contributed by atoms with Gasteiger partial charge in [0.1, 0.15) is 0 Å². The van der Waals surface area contributed by atoms with Gasteiger partial charge in [-0.05, 0) is 51.5 Å². The highest BCUT2D eigenvalue weighted by molar-refractivity contribution is 5.86. The maximum absolute atomic E-state index is 11.9. The van der Waals surface area contributed by atoms with E-state index in [9.17, 15) is 4.79 Å². The van der Waals surface area contributed by atoms with Gasteiger partial charge in [0.05, 0.1) is 37.3 Å². The molecule has 0 aliphatic rings. The molecule has 0 saturated carbocycles. The summed E-state index contributed by atoms with van der Waals surface area (Å²) in [7, 11) is 0. The van der Waals surface area contributed by atoms with E-state index in [0.717, 1.165) is 22.5 Å². The van der Waals surface area contributed by atoms with Crippen molar-refractivity contribution in [2.75, 3.05) is 13.2 Å². The van der Waals surface area contributed by atoms with Gasteiger partial charge < -0.3 is 19.0 Å². The number of rotatable bonds is 10. The van der Waals surface area contributed by atoms with E-state index in [4.69, 9.17) is 28.9 Å². The monoisotopic (exact) mass is 533 g/mol. The molecule has 1 N–H and O–H groups in total. The molecule has 39 heavy (non-hydrogen) atoms. The van der Waals surface area contributed by atoms with E-state index in [1.165, 1.54) is 11.8 Å². The molecule has 1 atom stereocenters. The number of ether oxygens (including phenoxy) is 2. The van der Waals surface area contributed by atoms with Gasteiger partial charge in [0.25, 0.3) is 6.47 Å². The summed E-state index contributed by atoms with van der Waals surface area (Å²) in [4.78, 5) is 24.5. The van der Waals surface area contributed by atoms with Crippen LogP contribution in [-0.2, 0) is 26.4 Å². The van der Waals surface area contributed by atoms with Gasteiger partial charge in [0.2, 0.25) is 11.7 Å². The van der Waals surface area contributed by atoms with Crippen LogP contribution >= 0.6 is 0 Å². The highest BCUT2D eigenvalue weighted by atomic mass is 16.5. The summed E-state index contributed by atoms with van der Waals surface area (Å²) >= 11 is 0. The van der Waals surface area contributed by atoms with E-state index >= 15 is 0 Å². The summed E-state index contributed by atoms with van der Waals surface area (Å²) in [6.45, 7) is 11.6. The molecule has 4 rings (SSSR count). The first-order valence-electron chi connectivity index (χ1n) is 12.7. The van der Waals surface area contributed by atoms with E-state index in [0.29, 0.717) is 19.1 Å². The van der Waals surface area contributed by atoms with Crippen molar-refractivity contribution in [3.63, 3.8) is 0 Å². The number of aryl methyl sites for hydroxylation is 1. The number of nitrogens with zero attached hydrogens (tertiary/aromatic N) is 3. The second-order valence-electron chi connectivity index (χ2n) is 9.57. The second kappa shape index (κ2) is 13.5. The van der Waals surface area contributed by atoms with Crippen LogP contribution in [0.5, 0.6) is 0 Å². The zero-order valence-electron chi connectivity index (χ0n) is 23.0. The molecule has 0 radical (unpaired) electrons. The Labute approximate surface area is 228 Å². The van der Waals surface area contributed by atoms with Crippen molar-refractivity contribution >= 4 is 12.4 Å². The number of carbonyl (C=O) groups excluding carboxylic acids is 1. The van der Waals surface area contributed by atoms with Crippen LogP contribution in [0.2, 0.25) is 0 Å². The van der Waals surface area contributed by atoms with Gasteiger partial charge in [-0.15, -0.1) is 0 Å². The van der Waals surface area contributed by atoms with E-state index in [1.54, 1.807) is 6.92 Å². The summed E-state index contributed by atoms with van der Waals surface area (Å²) in [5.74, 6) is 0.154. The lowest BCUT2D eigenvalue weighted by molar-refractivity contribution is -0.122. The molecule has 0 fully saturated rings. The summed E-state index contributed by atoms with van der Waals surface area (Å²) in [6, 6.07) is 20.1. The number of carbonyl (C=O) groups is 2. The third-order valence-corrected chi connectivity index (χ3v) is 6.51. The van der Waals surface area contributed by atoms with Gasteiger partial charge in [-0.2, -0.15) is 5.10 Å². The Morgan fingerprint density at radius 2 is 1.82 bits per heavy atom. The lowest BCUT2D eigenvalue weighted by Crippen LogP contribution is -2.37. The van der Waals surface area contributed by atoms with Crippen molar-refractivity contribution in [1.29, 1.82) is 0 Å². The lowest BCUT2D eigenvalue weighted by atomic mass is 9.89. The quantitative estimate of drug-likeness (QED) is 0.195. The predicted molar refractivity (Wildman–Crippen MR) is 147 cm³/mol. The van der Waals surface area contributed by atoms with Crippen LogP contribution in [0.1, 0.15) is 49.5 Å². The predicted octanol–water partition coefficient (Wildman–Crippen LogP) is 5.98. The zero-order valence-corrected chi connectivity index (χ0v) is 23.0. The summed E-state index contributed by atoms with van der Waals surface area (Å²) < 4.78 is 18.7. The molecular formula is C30H35N3O6. The van der Waals surface area contributed by atoms with Crippen LogP contribution in [0, 0.1) is 12.8 Å². The molecule has 2 aromatic carbocycles. The van der Waals surface area contributed by atoms with Crippen molar-refractivity contribution in [2.45, 2.75) is 46.8 Å². The molecule has 4 aromatic rings. The molecule has 0 amide bonds. The number of hydrogen-bond donors (Lipinski definition) is 1. The summed E-state index contributed by atoms with van der Waals surface area (Å²) in [5, 5.41) is 11.9. The van der Waals surface area contributed by atoms with Crippen LogP contribution in [0.15, 0.2) is 71.3 Å². The molecule has 2 aromatic heterocycles. The third kappa shape index (κ3) is 7.42. The Bertz CT molecular complexity index is 1360. The van der Waals surface area contributed by atoms with Crippen LogP contribution in [0.3, 0.4) is 0 Å². The minimum Gasteiger partial charge on any atom is -0.483 e. The Morgan fingerprint density at radius 1 is 1.13 bits per heavy atom. The second-order valence-corrected chi connectivity index (χ2v) is 9.57. The van der Waals surface area contributed by atoms with Crippen molar-refractivity contribution in [1.82, 2.24) is 14.8 Å². The van der Waals surface area contributed by atoms with Gasteiger partial charge in [-0.25, -0.2) is 9.78 Å². The van der Waals surface area contributed by atoms with Gasteiger partial charge in [-0.1, -0.05) is 49.4 Å². The number of esters is 1. The fraction of sp³-hybridized carbons (Fsp3) is 0.333. The molecule has 0 aliphatic carbocycles. The highest BCUT2D eigenvalue weighted by Gasteiger charge is 2.30. The minimum absolute atomic E-state index is 0.0857. The number of oxazole rings is 1. The minimum atomic E-state index is -0.522. The molecule has 1 unspecified atom stereocenters. The average Bonchev–Trinajstić information content (AvgIpc) is 3.58. The van der Waals surface area contributed by atoms with E-state index in [1.807, 2.05) is 42.5 Å². The number of aromatic nitrogens is 3. The Morgan fingerprint density at radius 3 is 2.51 bits per heavy atom. The summed E-state index contributed by atoms with van der Waals surface area (Å²) in [6.07, 6.45) is 1.39. The first kappa shape index (κ1) is 29.3. The Balaban J connectivity index is 0.00000134. The largest absolute Gasteiger partial charge is 0.483 e. The number of benzene rings is 2. The Hall–Kier alpha value is -4.24. The van der Waals surface area contributed by atoms with Crippen molar-refractivity contribution in [3.05, 3.63) is 83.9 Å². The fourth-order valence-electron chi connectivity index (χ4n) is 4.06. The molecule has 206 valence electrons. The molecule has 0 saturated heterocycles. The molecule has 0 spiro atoms. The van der Waals surface area contributed by atoms with E-state index in [-0.39, 0.29) is 30.3 Å². The highest BCUT2D eigenvalue weighted by Crippen LogP contribution is 2.31. The fourth-order valence-corrected chi connectivity index (χ4v) is 4.06. The van der Waals surface area contributed by atoms with Gasteiger partial charge in [0, 0.05) is 22.7 Å². The smallest absolute Gasteiger partial charge is 0.375 e. The van der Waals surface area contributed by atoms with Crippen LogP contribution in [-0.4, -0.2) is 45.5 Å². The third-order valence-electron chi connectivity index (χ3n) is 6.51. The van der Waals surface area contributed by atoms with Crippen molar-refractivity contribution in [2.24, 2.45) is 5.92 Å². The van der Waals surface area contributed by atoms with Crippen molar-refractivity contribution < 1.29 is 28.6 Å². The molecule has 0 bridgehead atoms. The zero-order chi connectivity index (χ0) is 28.4. The van der Waals surface area contributed by atoms with E-state index < -0.39 is 5.97 Å². The van der Waals surface area contributed by atoms with Gasteiger partial charge >= 0.3 is 5.97 Å². The van der Waals surface area contributed by atoms with Gasteiger partial charge in [0.15, 0.2) is 0 Å². The maximum atomic E-state index is 11.9. The Kier molecular flexibility index (Phi) is 10.2. The molecule has 9 heteroatoms.